The predicted octanol–water partition coefficient (Wildman–Crippen LogP) is 4.27. The van der Waals surface area contributed by atoms with Crippen LogP contribution in [0.25, 0.3) is 0 Å². The third kappa shape index (κ3) is 11.2. The molecular formula is C20H30O6. The number of ether oxygens (including phenoxy) is 1. The number of hydrogen-bond donors (Lipinski definition) is 2. The zero-order valence-electron chi connectivity index (χ0n) is 15.9. The van der Waals surface area contributed by atoms with Gasteiger partial charge in [0.25, 0.3) is 0 Å². The molecule has 6 heteroatoms. The van der Waals surface area contributed by atoms with E-state index < -0.39 is 17.9 Å². The van der Waals surface area contributed by atoms with Crippen LogP contribution < -0.4 is 0 Å². The largest absolute Gasteiger partial charge is 0.478 e. The molecule has 6 nitrogen and oxygen atoms in total. The Balaban J connectivity index is 4.48. The maximum absolute atomic E-state index is 12.2. The number of carbonyl (C=O) groups is 3. The number of hydrogen-bond acceptors (Lipinski definition) is 4. The predicted molar refractivity (Wildman–Crippen MR) is 99.8 cm³/mol. The number of aliphatic carboxylic acids is 2. The number of esters is 1. The molecule has 0 atom stereocenters. The Morgan fingerprint density at radius 3 is 2.00 bits per heavy atom. The molecule has 0 aromatic carbocycles. The first kappa shape index (κ1) is 23.6. The van der Waals surface area contributed by atoms with Crippen molar-refractivity contribution in [3.63, 3.8) is 0 Å². The topological polar surface area (TPSA) is 101 Å². The number of carboxylic acids is 2. The third-order valence-electron chi connectivity index (χ3n) is 3.80. The van der Waals surface area contributed by atoms with Crippen molar-refractivity contribution in [1.29, 1.82) is 0 Å². The van der Waals surface area contributed by atoms with Crippen LogP contribution in [0, 0.1) is 0 Å². The van der Waals surface area contributed by atoms with Gasteiger partial charge in [-0.25, -0.2) is 14.4 Å². The highest BCUT2D eigenvalue weighted by molar-refractivity contribution is 5.90. The minimum absolute atomic E-state index is 0.194. The van der Waals surface area contributed by atoms with E-state index in [2.05, 4.69) is 6.92 Å². The highest BCUT2D eigenvalue weighted by atomic mass is 16.5. The molecule has 0 spiro atoms. The van der Waals surface area contributed by atoms with Gasteiger partial charge in [-0.2, -0.15) is 0 Å². The van der Waals surface area contributed by atoms with Crippen LogP contribution in [-0.2, 0) is 19.1 Å². The van der Waals surface area contributed by atoms with Crippen LogP contribution in [0.15, 0.2) is 34.9 Å². The first-order valence-electron chi connectivity index (χ1n) is 8.95. The smallest absolute Gasteiger partial charge is 0.333 e. The van der Waals surface area contributed by atoms with Gasteiger partial charge in [-0.3, -0.25) is 0 Å². The maximum Gasteiger partial charge on any atom is 0.333 e. The monoisotopic (exact) mass is 366 g/mol. The summed E-state index contributed by atoms with van der Waals surface area (Å²) in [6, 6.07) is 0. The van der Waals surface area contributed by atoms with Gasteiger partial charge in [-0.15, -0.1) is 0 Å². The minimum Gasteiger partial charge on any atom is -0.478 e. The van der Waals surface area contributed by atoms with Crippen LogP contribution in [0.3, 0.4) is 0 Å². The molecule has 0 amide bonds. The Hall–Kier alpha value is -2.37. The Morgan fingerprint density at radius 2 is 1.42 bits per heavy atom. The van der Waals surface area contributed by atoms with E-state index in [9.17, 15) is 14.4 Å². The molecule has 0 saturated heterocycles. The van der Waals surface area contributed by atoms with Crippen molar-refractivity contribution in [2.45, 2.75) is 65.7 Å². The summed E-state index contributed by atoms with van der Waals surface area (Å²) in [5.74, 6) is -2.35. The molecule has 0 aliphatic heterocycles. The fourth-order valence-electron chi connectivity index (χ4n) is 1.99. The van der Waals surface area contributed by atoms with Gasteiger partial charge in [0.1, 0.15) is 0 Å². The normalized spacial score (nSPS) is 12.8. The highest BCUT2D eigenvalue weighted by Crippen LogP contribution is 2.12. The highest BCUT2D eigenvalue weighted by Gasteiger charge is 2.11. The molecule has 0 aliphatic carbocycles. The van der Waals surface area contributed by atoms with E-state index in [4.69, 9.17) is 14.9 Å². The molecule has 2 N–H and O–H groups in total. The lowest BCUT2D eigenvalue weighted by atomic mass is 10.1. The fraction of sp³-hybridized carbons (Fsp3) is 0.550. The molecule has 0 heterocycles. The first-order chi connectivity index (χ1) is 12.3. The van der Waals surface area contributed by atoms with Gasteiger partial charge >= 0.3 is 17.9 Å². The summed E-state index contributed by atoms with van der Waals surface area (Å²) in [5, 5.41) is 17.6. The Bertz CT molecular complexity index is 569. The van der Waals surface area contributed by atoms with Crippen LogP contribution in [0.5, 0.6) is 0 Å². The molecule has 0 aromatic rings. The minimum atomic E-state index is -1.00. The van der Waals surface area contributed by atoms with Crippen LogP contribution >= 0.6 is 0 Å². The van der Waals surface area contributed by atoms with Gasteiger partial charge < -0.3 is 14.9 Å². The van der Waals surface area contributed by atoms with Crippen LogP contribution in [0.4, 0.5) is 0 Å². The van der Waals surface area contributed by atoms with Gasteiger partial charge in [0.05, 0.1) is 6.61 Å². The van der Waals surface area contributed by atoms with Crippen molar-refractivity contribution in [2.24, 2.45) is 0 Å². The van der Waals surface area contributed by atoms with Crippen LogP contribution in [-0.4, -0.2) is 34.7 Å². The van der Waals surface area contributed by atoms with Crippen LogP contribution in [0.1, 0.15) is 65.7 Å². The molecular weight excluding hydrogens is 336 g/mol. The molecule has 146 valence electrons. The quantitative estimate of drug-likeness (QED) is 0.287. The summed E-state index contributed by atoms with van der Waals surface area (Å²) in [6.07, 6.45) is 9.92. The maximum atomic E-state index is 12.2. The molecule has 0 aromatic heterocycles. The lowest BCUT2D eigenvalue weighted by Crippen LogP contribution is -2.09. The lowest BCUT2D eigenvalue weighted by molar-refractivity contribution is -0.139. The van der Waals surface area contributed by atoms with Gasteiger partial charge in [0.2, 0.25) is 0 Å². The summed E-state index contributed by atoms with van der Waals surface area (Å²) < 4.78 is 5.26. The Kier molecular flexibility index (Phi) is 12.6. The van der Waals surface area contributed by atoms with Crippen molar-refractivity contribution in [3.8, 4) is 0 Å². The lowest BCUT2D eigenvalue weighted by Gasteiger charge is -2.07. The first-order valence-corrected chi connectivity index (χ1v) is 8.95. The third-order valence-corrected chi connectivity index (χ3v) is 3.80. The van der Waals surface area contributed by atoms with Crippen molar-refractivity contribution in [2.75, 3.05) is 6.61 Å². The van der Waals surface area contributed by atoms with Gasteiger partial charge in [-0.1, -0.05) is 38.0 Å². The number of carbonyl (C=O) groups excluding carboxylic acids is 1. The average Bonchev–Trinajstić information content (AvgIpc) is 2.59. The van der Waals surface area contributed by atoms with E-state index in [0.29, 0.717) is 24.0 Å². The van der Waals surface area contributed by atoms with E-state index >= 15 is 0 Å². The number of rotatable bonds is 13. The molecule has 0 unspecified atom stereocenters. The number of carboxylic acid groups (broad SMARTS) is 2. The molecule has 0 bridgehead atoms. The van der Waals surface area contributed by atoms with Crippen molar-refractivity contribution >= 4 is 17.9 Å². The summed E-state index contributed by atoms with van der Waals surface area (Å²) in [7, 11) is 0. The average molecular weight is 366 g/mol. The standard InChI is InChI=1S/C20H30O6/c1-4-5-7-11-17(13-12-16(3)19(23)24)20(25)26-14-9-6-8-10-15(2)18(21)22/h10-12H,4-9,13-14H2,1-3H3,(H,21,22)(H,23,24). The molecule has 0 rings (SSSR count). The van der Waals surface area contributed by atoms with E-state index in [1.165, 1.54) is 13.0 Å². The van der Waals surface area contributed by atoms with E-state index in [1.54, 1.807) is 13.0 Å². The van der Waals surface area contributed by atoms with Crippen molar-refractivity contribution < 1.29 is 29.3 Å². The van der Waals surface area contributed by atoms with Crippen molar-refractivity contribution in [3.05, 3.63) is 34.9 Å². The van der Waals surface area contributed by atoms with Crippen molar-refractivity contribution in [1.82, 2.24) is 0 Å². The summed E-state index contributed by atoms with van der Waals surface area (Å²) >= 11 is 0. The Morgan fingerprint density at radius 1 is 0.846 bits per heavy atom. The molecule has 0 aliphatic rings. The second-order valence-corrected chi connectivity index (χ2v) is 6.09. The molecule has 0 radical (unpaired) electrons. The van der Waals surface area contributed by atoms with Gasteiger partial charge in [-0.05, 0) is 46.0 Å². The van der Waals surface area contributed by atoms with E-state index in [-0.39, 0.29) is 18.6 Å². The second kappa shape index (κ2) is 13.9. The second-order valence-electron chi connectivity index (χ2n) is 6.09. The zero-order valence-corrected chi connectivity index (χ0v) is 15.9. The number of unbranched alkanes of at least 4 members (excludes halogenated alkanes) is 4. The summed E-state index contributed by atoms with van der Waals surface area (Å²) in [4.78, 5) is 33.7. The van der Waals surface area contributed by atoms with Gasteiger partial charge in [0, 0.05) is 16.7 Å². The SMILES string of the molecule is CCCCC=C(CC=C(C)C(=O)O)C(=O)OCCCCC=C(C)C(=O)O. The van der Waals surface area contributed by atoms with Crippen LogP contribution in [0.2, 0.25) is 0 Å². The molecule has 0 fully saturated rings. The zero-order chi connectivity index (χ0) is 19.9. The summed E-state index contributed by atoms with van der Waals surface area (Å²) in [6.45, 7) is 5.35. The van der Waals surface area contributed by atoms with E-state index in [1.807, 2.05) is 6.08 Å². The van der Waals surface area contributed by atoms with E-state index in [0.717, 1.165) is 25.7 Å². The number of allylic oxidation sites excluding steroid dienone is 3. The van der Waals surface area contributed by atoms with Gasteiger partial charge in [0.15, 0.2) is 0 Å². The Labute approximate surface area is 155 Å². The molecule has 26 heavy (non-hydrogen) atoms. The summed E-state index contributed by atoms with van der Waals surface area (Å²) in [5.41, 5.74) is 0.976. The fourth-order valence-corrected chi connectivity index (χ4v) is 1.99. The molecule has 0 saturated carbocycles.